The van der Waals surface area contributed by atoms with Gasteiger partial charge in [0.25, 0.3) is 0 Å². The van der Waals surface area contributed by atoms with Crippen molar-refractivity contribution in [2.45, 2.75) is 25.9 Å². The summed E-state index contributed by atoms with van der Waals surface area (Å²) in [6.45, 7) is 3.76. The van der Waals surface area contributed by atoms with E-state index in [1.54, 1.807) is 25.6 Å². The summed E-state index contributed by atoms with van der Waals surface area (Å²) in [5.74, 6) is 1.50. The van der Waals surface area contributed by atoms with E-state index < -0.39 is 0 Å². The first kappa shape index (κ1) is 21.4. The number of hydrogen-bond acceptors (Lipinski definition) is 5. The Kier molecular flexibility index (Phi) is 6.59. The molecule has 0 bridgehead atoms. The number of benzene rings is 2. The van der Waals surface area contributed by atoms with Crippen LogP contribution in [0, 0.1) is 6.92 Å². The van der Waals surface area contributed by atoms with Crippen molar-refractivity contribution in [3.8, 4) is 11.5 Å². The van der Waals surface area contributed by atoms with Crippen LogP contribution in [-0.2, 0) is 17.8 Å². The quantitative estimate of drug-likeness (QED) is 0.599. The zero-order chi connectivity index (χ0) is 21.8. The Balaban J connectivity index is 1.55. The SMILES string of the molecule is COc1cc2c(cc1OC)C(c1cccs1)N(CC(=O)NCc1ccc(C)cc1)CC2. The van der Waals surface area contributed by atoms with E-state index in [0.717, 1.165) is 24.3 Å². The highest BCUT2D eigenvalue weighted by atomic mass is 32.1. The molecule has 0 saturated heterocycles. The zero-order valence-corrected chi connectivity index (χ0v) is 19.0. The molecule has 2 heterocycles. The summed E-state index contributed by atoms with van der Waals surface area (Å²) in [4.78, 5) is 16.3. The average molecular weight is 437 g/mol. The van der Waals surface area contributed by atoms with Crippen molar-refractivity contribution in [3.05, 3.63) is 81.0 Å². The summed E-state index contributed by atoms with van der Waals surface area (Å²) in [6, 6.07) is 16.6. The number of amides is 1. The molecule has 1 aromatic heterocycles. The van der Waals surface area contributed by atoms with E-state index in [1.165, 1.54) is 21.6 Å². The molecule has 0 spiro atoms. The molecule has 2 aromatic carbocycles. The molecular weight excluding hydrogens is 408 g/mol. The Labute approximate surface area is 187 Å². The minimum absolute atomic E-state index is 0.0219. The molecule has 31 heavy (non-hydrogen) atoms. The van der Waals surface area contributed by atoms with Gasteiger partial charge in [0.2, 0.25) is 5.91 Å². The van der Waals surface area contributed by atoms with Gasteiger partial charge >= 0.3 is 0 Å². The summed E-state index contributed by atoms with van der Waals surface area (Å²) < 4.78 is 11.1. The number of nitrogens with one attached hydrogen (secondary N) is 1. The van der Waals surface area contributed by atoms with Crippen LogP contribution < -0.4 is 14.8 Å². The first-order chi connectivity index (χ1) is 15.1. The van der Waals surface area contributed by atoms with E-state index in [4.69, 9.17) is 9.47 Å². The van der Waals surface area contributed by atoms with Gasteiger partial charge in [-0.05, 0) is 53.6 Å². The molecule has 1 unspecified atom stereocenters. The van der Waals surface area contributed by atoms with Crippen LogP contribution in [0.5, 0.6) is 11.5 Å². The highest BCUT2D eigenvalue weighted by molar-refractivity contribution is 7.10. The predicted molar refractivity (Wildman–Crippen MR) is 124 cm³/mol. The number of carbonyl (C=O) groups is 1. The zero-order valence-electron chi connectivity index (χ0n) is 18.2. The lowest BCUT2D eigenvalue weighted by Crippen LogP contribution is -2.42. The standard InChI is InChI=1S/C25H28N2O3S/c1-17-6-8-18(9-7-17)15-26-24(28)16-27-11-10-19-13-21(29-2)22(30-3)14-20(19)25(27)23-5-4-12-31-23/h4-9,12-14,25H,10-11,15-16H2,1-3H3,(H,26,28). The van der Waals surface area contributed by atoms with Crippen molar-refractivity contribution in [3.63, 3.8) is 0 Å². The Bertz CT molecular complexity index is 1030. The molecule has 6 heteroatoms. The van der Waals surface area contributed by atoms with Crippen LogP contribution in [0.3, 0.4) is 0 Å². The molecule has 0 saturated carbocycles. The lowest BCUT2D eigenvalue weighted by molar-refractivity contribution is -0.122. The Hall–Kier alpha value is -2.83. The maximum atomic E-state index is 12.8. The second-order valence-corrected chi connectivity index (χ2v) is 8.79. The van der Waals surface area contributed by atoms with Gasteiger partial charge < -0.3 is 14.8 Å². The van der Waals surface area contributed by atoms with Crippen LogP contribution in [0.4, 0.5) is 0 Å². The third-order valence-corrected chi connectivity index (χ3v) is 6.67. The monoisotopic (exact) mass is 436 g/mol. The summed E-state index contributed by atoms with van der Waals surface area (Å²) >= 11 is 1.71. The van der Waals surface area contributed by atoms with Crippen LogP contribution >= 0.6 is 11.3 Å². The molecule has 1 N–H and O–H groups in total. The summed E-state index contributed by atoms with van der Waals surface area (Å²) in [6.07, 6.45) is 0.864. The van der Waals surface area contributed by atoms with E-state index in [9.17, 15) is 4.79 Å². The van der Waals surface area contributed by atoms with Gasteiger partial charge in [0.05, 0.1) is 26.8 Å². The van der Waals surface area contributed by atoms with Gasteiger partial charge in [-0.25, -0.2) is 0 Å². The maximum absolute atomic E-state index is 12.8. The third-order valence-electron chi connectivity index (χ3n) is 5.74. The molecule has 1 aliphatic heterocycles. The second kappa shape index (κ2) is 9.54. The molecular formula is C25H28N2O3S. The van der Waals surface area contributed by atoms with Gasteiger partial charge in [-0.2, -0.15) is 0 Å². The molecule has 1 aliphatic rings. The number of thiophene rings is 1. The second-order valence-electron chi connectivity index (χ2n) is 7.81. The normalized spacial score (nSPS) is 15.9. The number of methoxy groups -OCH3 is 2. The first-order valence-corrected chi connectivity index (χ1v) is 11.3. The lowest BCUT2D eigenvalue weighted by atomic mass is 9.91. The Morgan fingerprint density at radius 3 is 2.55 bits per heavy atom. The van der Waals surface area contributed by atoms with Crippen LogP contribution in [0.25, 0.3) is 0 Å². The molecule has 3 aromatic rings. The molecule has 0 fully saturated rings. The molecule has 4 rings (SSSR count). The van der Waals surface area contributed by atoms with Crippen LogP contribution in [0.15, 0.2) is 53.9 Å². The fourth-order valence-corrected chi connectivity index (χ4v) is 4.97. The molecule has 0 aliphatic carbocycles. The average Bonchev–Trinajstić information content (AvgIpc) is 3.32. The molecule has 1 atom stereocenters. The predicted octanol–water partition coefficient (Wildman–Crippen LogP) is 4.34. The Morgan fingerprint density at radius 1 is 1.13 bits per heavy atom. The molecule has 1 amide bonds. The summed E-state index contributed by atoms with van der Waals surface area (Å²) in [7, 11) is 3.32. The van der Waals surface area contributed by atoms with Gasteiger partial charge in [0, 0.05) is 18.0 Å². The van der Waals surface area contributed by atoms with Crippen molar-refractivity contribution in [2.24, 2.45) is 0 Å². The van der Waals surface area contributed by atoms with Gasteiger partial charge in [0.1, 0.15) is 0 Å². The van der Waals surface area contributed by atoms with Crippen molar-refractivity contribution < 1.29 is 14.3 Å². The van der Waals surface area contributed by atoms with Crippen LogP contribution in [0.1, 0.15) is 33.2 Å². The lowest BCUT2D eigenvalue weighted by Gasteiger charge is -2.37. The maximum Gasteiger partial charge on any atom is 0.234 e. The van der Waals surface area contributed by atoms with Crippen LogP contribution in [0.2, 0.25) is 0 Å². The minimum atomic E-state index is 0.0219. The highest BCUT2D eigenvalue weighted by Crippen LogP contribution is 2.42. The smallest absolute Gasteiger partial charge is 0.234 e. The van der Waals surface area contributed by atoms with Gasteiger partial charge in [0.15, 0.2) is 11.5 Å². The van der Waals surface area contributed by atoms with Crippen molar-refractivity contribution in [2.75, 3.05) is 27.3 Å². The number of ether oxygens (including phenoxy) is 2. The third kappa shape index (κ3) is 4.75. The van der Waals surface area contributed by atoms with E-state index in [0.29, 0.717) is 18.8 Å². The number of carbonyl (C=O) groups excluding carboxylic acids is 1. The number of fused-ring (bicyclic) bond motifs is 1. The van der Waals surface area contributed by atoms with Crippen molar-refractivity contribution >= 4 is 17.2 Å². The molecule has 162 valence electrons. The van der Waals surface area contributed by atoms with Crippen molar-refractivity contribution in [1.82, 2.24) is 10.2 Å². The largest absolute Gasteiger partial charge is 0.493 e. The fourth-order valence-electron chi connectivity index (χ4n) is 4.10. The van der Waals surface area contributed by atoms with E-state index in [1.807, 2.05) is 0 Å². The number of nitrogens with zero attached hydrogens (tertiary/aromatic N) is 1. The number of hydrogen-bond donors (Lipinski definition) is 1. The Morgan fingerprint density at radius 2 is 1.87 bits per heavy atom. The summed E-state index contributed by atoms with van der Waals surface area (Å²) in [5.41, 5.74) is 4.74. The first-order valence-electron chi connectivity index (χ1n) is 10.4. The summed E-state index contributed by atoms with van der Waals surface area (Å²) in [5, 5.41) is 5.16. The van der Waals surface area contributed by atoms with Crippen molar-refractivity contribution in [1.29, 1.82) is 0 Å². The topological polar surface area (TPSA) is 50.8 Å². The minimum Gasteiger partial charge on any atom is -0.493 e. The van der Waals surface area contributed by atoms with Gasteiger partial charge in [-0.1, -0.05) is 35.9 Å². The fraction of sp³-hybridized carbons (Fsp3) is 0.320. The number of aryl methyl sites for hydroxylation is 1. The van der Waals surface area contributed by atoms with E-state index >= 15 is 0 Å². The van der Waals surface area contributed by atoms with E-state index in [-0.39, 0.29) is 11.9 Å². The van der Waals surface area contributed by atoms with E-state index in [2.05, 4.69) is 71.1 Å². The molecule has 5 nitrogen and oxygen atoms in total. The molecule has 0 radical (unpaired) electrons. The van der Waals surface area contributed by atoms with Gasteiger partial charge in [-0.15, -0.1) is 11.3 Å². The number of rotatable bonds is 7. The van der Waals surface area contributed by atoms with Crippen LogP contribution in [-0.4, -0.2) is 38.1 Å². The highest BCUT2D eigenvalue weighted by Gasteiger charge is 2.32. The van der Waals surface area contributed by atoms with Gasteiger partial charge in [-0.3, -0.25) is 9.69 Å².